The Bertz CT molecular complexity index is 381. The van der Waals surface area contributed by atoms with Crippen LogP contribution in [0, 0.1) is 13.0 Å². The van der Waals surface area contributed by atoms with Gasteiger partial charge in [-0.3, -0.25) is 4.79 Å². The molecule has 0 unspecified atom stereocenters. The fraction of sp³-hybridized carbons (Fsp3) is 0.462. The maximum Gasteiger partial charge on any atom is 0.254 e. The van der Waals surface area contributed by atoms with E-state index in [0.29, 0.717) is 0 Å². The Labute approximate surface area is 96.7 Å². The van der Waals surface area contributed by atoms with Crippen molar-refractivity contribution in [1.82, 2.24) is 9.80 Å². The van der Waals surface area contributed by atoms with Crippen LogP contribution in [0.1, 0.15) is 15.9 Å². The van der Waals surface area contributed by atoms with Crippen LogP contribution in [0.4, 0.5) is 0 Å². The van der Waals surface area contributed by atoms with E-state index >= 15 is 0 Å². The molecule has 3 heteroatoms. The summed E-state index contributed by atoms with van der Waals surface area (Å²) in [5.41, 5.74) is 1.81. The molecule has 1 fully saturated rings. The molecule has 1 aromatic carbocycles. The fourth-order valence-corrected chi connectivity index (χ4v) is 1.92. The SMILES string of the molecule is Cc1cc[c]cc1C(=O)N1CCN(C)CC1. The Morgan fingerprint density at radius 3 is 2.62 bits per heavy atom. The van der Waals surface area contributed by atoms with Gasteiger partial charge in [0.1, 0.15) is 0 Å². The maximum atomic E-state index is 12.2. The number of amides is 1. The molecule has 1 radical (unpaired) electrons. The van der Waals surface area contributed by atoms with E-state index in [0.717, 1.165) is 37.3 Å². The van der Waals surface area contributed by atoms with Crippen molar-refractivity contribution in [2.75, 3.05) is 33.2 Å². The van der Waals surface area contributed by atoms with Gasteiger partial charge in [0.15, 0.2) is 0 Å². The summed E-state index contributed by atoms with van der Waals surface area (Å²) in [4.78, 5) is 16.4. The summed E-state index contributed by atoms with van der Waals surface area (Å²) in [5, 5.41) is 0. The van der Waals surface area contributed by atoms with Crippen LogP contribution in [-0.2, 0) is 0 Å². The monoisotopic (exact) mass is 217 g/mol. The van der Waals surface area contributed by atoms with Crippen molar-refractivity contribution >= 4 is 5.91 Å². The van der Waals surface area contributed by atoms with Crippen molar-refractivity contribution in [2.24, 2.45) is 0 Å². The molecule has 0 aromatic heterocycles. The zero-order valence-corrected chi connectivity index (χ0v) is 9.86. The minimum absolute atomic E-state index is 0.141. The number of rotatable bonds is 1. The predicted octanol–water partition coefficient (Wildman–Crippen LogP) is 1.18. The van der Waals surface area contributed by atoms with Gasteiger partial charge in [0, 0.05) is 31.7 Å². The lowest BCUT2D eigenvalue weighted by Crippen LogP contribution is -2.47. The number of aryl methyl sites for hydroxylation is 1. The molecule has 0 N–H and O–H groups in total. The average Bonchev–Trinajstić information content (AvgIpc) is 2.30. The molecule has 0 bridgehead atoms. The summed E-state index contributed by atoms with van der Waals surface area (Å²) >= 11 is 0. The normalized spacial score (nSPS) is 17.5. The summed E-state index contributed by atoms with van der Waals surface area (Å²) in [7, 11) is 2.09. The molecule has 0 spiro atoms. The number of hydrogen-bond donors (Lipinski definition) is 0. The second kappa shape index (κ2) is 4.66. The van der Waals surface area contributed by atoms with Crippen molar-refractivity contribution in [1.29, 1.82) is 0 Å². The van der Waals surface area contributed by atoms with Crippen LogP contribution in [0.5, 0.6) is 0 Å². The van der Waals surface area contributed by atoms with E-state index in [2.05, 4.69) is 18.0 Å². The summed E-state index contributed by atoms with van der Waals surface area (Å²) in [6.07, 6.45) is 0. The minimum Gasteiger partial charge on any atom is -0.336 e. The summed E-state index contributed by atoms with van der Waals surface area (Å²) in [5.74, 6) is 0.141. The fourth-order valence-electron chi connectivity index (χ4n) is 1.92. The van der Waals surface area contributed by atoms with Gasteiger partial charge < -0.3 is 9.80 Å². The number of piperazine rings is 1. The molecule has 1 heterocycles. The highest BCUT2D eigenvalue weighted by Gasteiger charge is 2.20. The van der Waals surface area contributed by atoms with E-state index in [4.69, 9.17) is 0 Å². The lowest BCUT2D eigenvalue weighted by molar-refractivity contribution is 0.0663. The van der Waals surface area contributed by atoms with Gasteiger partial charge in [0.2, 0.25) is 0 Å². The van der Waals surface area contributed by atoms with Gasteiger partial charge in [-0.1, -0.05) is 12.1 Å². The number of carbonyl (C=O) groups excluding carboxylic acids is 1. The van der Waals surface area contributed by atoms with Gasteiger partial charge in [-0.05, 0) is 31.7 Å². The van der Waals surface area contributed by atoms with Gasteiger partial charge in [-0.25, -0.2) is 0 Å². The Morgan fingerprint density at radius 2 is 2.00 bits per heavy atom. The number of carbonyl (C=O) groups is 1. The molecular weight excluding hydrogens is 200 g/mol. The van der Waals surface area contributed by atoms with Gasteiger partial charge in [-0.2, -0.15) is 0 Å². The molecule has 0 aliphatic carbocycles. The van der Waals surface area contributed by atoms with E-state index in [9.17, 15) is 4.79 Å². The smallest absolute Gasteiger partial charge is 0.254 e. The number of benzene rings is 1. The molecular formula is C13H17N2O. The van der Waals surface area contributed by atoms with E-state index in [1.54, 1.807) is 6.07 Å². The number of likely N-dealkylation sites (N-methyl/N-ethyl adjacent to an activating group) is 1. The van der Waals surface area contributed by atoms with Crippen LogP contribution in [0.25, 0.3) is 0 Å². The van der Waals surface area contributed by atoms with Gasteiger partial charge in [-0.15, -0.1) is 0 Å². The van der Waals surface area contributed by atoms with E-state index < -0.39 is 0 Å². The minimum atomic E-state index is 0.141. The van der Waals surface area contributed by atoms with Crippen LogP contribution < -0.4 is 0 Å². The van der Waals surface area contributed by atoms with Crippen LogP contribution in [0.15, 0.2) is 18.2 Å². The van der Waals surface area contributed by atoms with Crippen LogP contribution in [0.2, 0.25) is 0 Å². The highest BCUT2D eigenvalue weighted by Crippen LogP contribution is 2.11. The summed E-state index contributed by atoms with van der Waals surface area (Å²) < 4.78 is 0. The van der Waals surface area contributed by atoms with Crippen molar-refractivity contribution in [3.05, 3.63) is 35.4 Å². The van der Waals surface area contributed by atoms with Gasteiger partial charge in [0.25, 0.3) is 5.91 Å². The molecule has 3 nitrogen and oxygen atoms in total. The molecule has 85 valence electrons. The first-order chi connectivity index (χ1) is 7.68. The molecule has 1 amide bonds. The van der Waals surface area contributed by atoms with Crippen molar-refractivity contribution in [3.8, 4) is 0 Å². The summed E-state index contributed by atoms with van der Waals surface area (Å²) in [6, 6.07) is 8.54. The molecule has 16 heavy (non-hydrogen) atoms. The highest BCUT2D eigenvalue weighted by atomic mass is 16.2. The second-order valence-corrected chi connectivity index (χ2v) is 4.34. The Hall–Kier alpha value is -1.35. The first kappa shape index (κ1) is 11.1. The number of hydrogen-bond acceptors (Lipinski definition) is 2. The average molecular weight is 217 g/mol. The molecule has 1 aliphatic heterocycles. The molecule has 0 saturated carbocycles. The Balaban J connectivity index is 2.11. The molecule has 1 saturated heterocycles. The molecule has 1 aliphatic rings. The van der Waals surface area contributed by atoms with E-state index in [-0.39, 0.29) is 5.91 Å². The second-order valence-electron chi connectivity index (χ2n) is 4.34. The third kappa shape index (κ3) is 2.25. The molecule has 2 rings (SSSR count). The lowest BCUT2D eigenvalue weighted by Gasteiger charge is -2.32. The first-order valence-electron chi connectivity index (χ1n) is 5.63. The topological polar surface area (TPSA) is 23.6 Å². The first-order valence-corrected chi connectivity index (χ1v) is 5.63. The standard InChI is InChI=1S/C13H17N2O/c1-11-5-3-4-6-12(11)13(16)15-9-7-14(2)8-10-15/h3,5-6H,7-10H2,1-2H3. The third-order valence-corrected chi connectivity index (χ3v) is 3.10. The van der Waals surface area contributed by atoms with Gasteiger partial charge >= 0.3 is 0 Å². The molecule has 0 atom stereocenters. The molecule has 1 aromatic rings. The van der Waals surface area contributed by atoms with Gasteiger partial charge in [0.05, 0.1) is 0 Å². The van der Waals surface area contributed by atoms with Crippen molar-refractivity contribution in [3.63, 3.8) is 0 Å². The van der Waals surface area contributed by atoms with Crippen LogP contribution in [-0.4, -0.2) is 48.9 Å². The Kier molecular flexibility index (Phi) is 3.25. The van der Waals surface area contributed by atoms with Crippen LogP contribution in [0.3, 0.4) is 0 Å². The third-order valence-electron chi connectivity index (χ3n) is 3.10. The predicted molar refractivity (Wildman–Crippen MR) is 63.4 cm³/mol. The lowest BCUT2D eigenvalue weighted by atomic mass is 10.1. The van der Waals surface area contributed by atoms with Crippen molar-refractivity contribution in [2.45, 2.75) is 6.92 Å². The Morgan fingerprint density at radius 1 is 1.31 bits per heavy atom. The zero-order chi connectivity index (χ0) is 11.5. The van der Waals surface area contributed by atoms with Crippen LogP contribution >= 0.6 is 0 Å². The zero-order valence-electron chi connectivity index (χ0n) is 9.86. The summed E-state index contributed by atoms with van der Waals surface area (Å²) in [6.45, 7) is 5.53. The number of nitrogens with zero attached hydrogens (tertiary/aromatic N) is 2. The quantitative estimate of drug-likeness (QED) is 0.705. The maximum absolute atomic E-state index is 12.2. The van der Waals surface area contributed by atoms with E-state index in [1.165, 1.54) is 0 Å². The van der Waals surface area contributed by atoms with Crippen molar-refractivity contribution < 1.29 is 4.79 Å². The largest absolute Gasteiger partial charge is 0.336 e. The van der Waals surface area contributed by atoms with E-state index in [1.807, 2.05) is 24.0 Å². The highest BCUT2D eigenvalue weighted by molar-refractivity contribution is 5.95.